The predicted octanol–water partition coefficient (Wildman–Crippen LogP) is 2.91. The Labute approximate surface area is 125 Å². The van der Waals surface area contributed by atoms with Crippen molar-refractivity contribution in [1.82, 2.24) is 19.7 Å². The molecule has 5 nitrogen and oxygen atoms in total. The maximum Gasteiger partial charge on any atom is 0.163 e. The second-order valence-corrected chi connectivity index (χ2v) is 6.50. The summed E-state index contributed by atoms with van der Waals surface area (Å²) in [7, 11) is 1.95. The van der Waals surface area contributed by atoms with Gasteiger partial charge >= 0.3 is 0 Å². The zero-order valence-electron chi connectivity index (χ0n) is 12.7. The van der Waals surface area contributed by atoms with Gasteiger partial charge in [0.15, 0.2) is 5.65 Å². The SMILES string of the molecule is Cn1ncc2c(N3CCC[C@@H]3C3CCCCC3)ncnc21. The first-order valence-electron chi connectivity index (χ1n) is 8.24. The lowest BCUT2D eigenvalue weighted by Gasteiger charge is -2.34. The third-order valence-corrected chi connectivity index (χ3v) is 5.27. The fourth-order valence-corrected chi connectivity index (χ4v) is 4.24. The molecule has 0 spiro atoms. The van der Waals surface area contributed by atoms with Crippen molar-refractivity contribution in [3.05, 3.63) is 12.5 Å². The average Bonchev–Trinajstić information content (AvgIpc) is 3.15. The van der Waals surface area contributed by atoms with Crippen LogP contribution < -0.4 is 4.90 Å². The summed E-state index contributed by atoms with van der Waals surface area (Å²) in [6, 6.07) is 0.670. The van der Waals surface area contributed by atoms with Crippen LogP contribution in [0.15, 0.2) is 12.5 Å². The number of aromatic nitrogens is 4. The Bertz CT molecular complexity index is 629. The highest BCUT2D eigenvalue weighted by molar-refractivity contribution is 5.86. The highest BCUT2D eigenvalue weighted by atomic mass is 15.3. The van der Waals surface area contributed by atoms with Gasteiger partial charge in [-0.15, -0.1) is 0 Å². The molecule has 5 heteroatoms. The van der Waals surface area contributed by atoms with E-state index in [9.17, 15) is 0 Å². The number of hydrogen-bond donors (Lipinski definition) is 0. The van der Waals surface area contributed by atoms with Crippen molar-refractivity contribution < 1.29 is 0 Å². The van der Waals surface area contributed by atoms with Gasteiger partial charge < -0.3 is 4.90 Å². The van der Waals surface area contributed by atoms with Crippen LogP contribution in [-0.4, -0.2) is 32.3 Å². The number of rotatable bonds is 2. The molecule has 3 heterocycles. The Morgan fingerprint density at radius 1 is 1.05 bits per heavy atom. The van der Waals surface area contributed by atoms with Gasteiger partial charge in [-0.05, 0) is 31.6 Å². The Balaban J connectivity index is 1.69. The molecule has 0 amide bonds. The van der Waals surface area contributed by atoms with E-state index in [-0.39, 0.29) is 0 Å². The van der Waals surface area contributed by atoms with Crippen molar-refractivity contribution in [1.29, 1.82) is 0 Å². The van der Waals surface area contributed by atoms with E-state index in [2.05, 4.69) is 20.0 Å². The monoisotopic (exact) mass is 285 g/mol. The largest absolute Gasteiger partial charge is 0.353 e. The molecule has 2 fully saturated rings. The molecule has 2 aliphatic rings. The van der Waals surface area contributed by atoms with Crippen LogP contribution in [0.2, 0.25) is 0 Å². The Hall–Kier alpha value is -1.65. The minimum absolute atomic E-state index is 0.670. The lowest BCUT2D eigenvalue weighted by Crippen LogP contribution is -2.37. The van der Waals surface area contributed by atoms with E-state index in [1.165, 1.54) is 44.9 Å². The highest BCUT2D eigenvalue weighted by Gasteiger charge is 2.34. The van der Waals surface area contributed by atoms with Gasteiger partial charge in [0.2, 0.25) is 0 Å². The predicted molar refractivity (Wildman–Crippen MR) is 83.2 cm³/mol. The van der Waals surface area contributed by atoms with Crippen LogP contribution >= 0.6 is 0 Å². The summed E-state index contributed by atoms with van der Waals surface area (Å²) in [5.74, 6) is 1.95. The highest BCUT2D eigenvalue weighted by Crippen LogP contribution is 2.37. The topological polar surface area (TPSA) is 46.8 Å². The molecule has 112 valence electrons. The summed E-state index contributed by atoms with van der Waals surface area (Å²) >= 11 is 0. The first-order chi connectivity index (χ1) is 10.3. The molecule has 0 radical (unpaired) electrons. The number of hydrogen-bond acceptors (Lipinski definition) is 4. The summed E-state index contributed by atoms with van der Waals surface area (Å²) in [5, 5.41) is 5.45. The molecule has 2 aromatic rings. The van der Waals surface area contributed by atoms with Crippen LogP contribution in [0.25, 0.3) is 11.0 Å². The average molecular weight is 285 g/mol. The molecule has 1 atom stereocenters. The Morgan fingerprint density at radius 2 is 1.90 bits per heavy atom. The van der Waals surface area contributed by atoms with Crippen LogP contribution in [0.5, 0.6) is 0 Å². The second-order valence-electron chi connectivity index (χ2n) is 6.50. The first-order valence-corrected chi connectivity index (χ1v) is 8.24. The van der Waals surface area contributed by atoms with Crippen molar-refractivity contribution in [2.24, 2.45) is 13.0 Å². The maximum absolute atomic E-state index is 4.61. The maximum atomic E-state index is 4.61. The van der Waals surface area contributed by atoms with Gasteiger partial charge in [-0.25, -0.2) is 9.97 Å². The number of aryl methyl sites for hydroxylation is 1. The standard InChI is InChI=1S/C16H23N5/c1-20-15-13(10-19-20)16(18-11-17-15)21-9-5-8-14(21)12-6-3-2-4-7-12/h10-12,14H,2-9H2,1H3/t14-/m1/s1. The molecule has 1 saturated heterocycles. The van der Waals surface area contributed by atoms with Crippen molar-refractivity contribution in [2.75, 3.05) is 11.4 Å². The molecule has 1 aliphatic heterocycles. The van der Waals surface area contributed by atoms with Crippen molar-refractivity contribution >= 4 is 16.9 Å². The third kappa shape index (κ3) is 2.19. The second kappa shape index (κ2) is 5.28. The van der Waals surface area contributed by atoms with Gasteiger partial charge in [-0.2, -0.15) is 5.10 Å². The lowest BCUT2D eigenvalue weighted by atomic mass is 9.83. The quantitative estimate of drug-likeness (QED) is 0.851. The molecule has 2 aromatic heterocycles. The van der Waals surface area contributed by atoms with Gasteiger partial charge in [0, 0.05) is 19.6 Å². The Kier molecular flexibility index (Phi) is 3.28. The molecule has 0 aromatic carbocycles. The molecule has 1 aliphatic carbocycles. The molecule has 0 N–H and O–H groups in total. The number of nitrogens with zero attached hydrogens (tertiary/aromatic N) is 5. The van der Waals surface area contributed by atoms with E-state index in [1.54, 1.807) is 6.33 Å². The normalized spacial score (nSPS) is 24.0. The van der Waals surface area contributed by atoms with E-state index in [0.717, 1.165) is 29.3 Å². The van der Waals surface area contributed by atoms with Gasteiger partial charge in [0.25, 0.3) is 0 Å². The fraction of sp³-hybridized carbons (Fsp3) is 0.688. The molecule has 0 unspecified atom stereocenters. The van der Waals surface area contributed by atoms with Crippen LogP contribution in [0.1, 0.15) is 44.9 Å². The molecular formula is C16H23N5. The molecule has 0 bridgehead atoms. The number of anilines is 1. The fourth-order valence-electron chi connectivity index (χ4n) is 4.24. The van der Waals surface area contributed by atoms with Crippen LogP contribution in [0.4, 0.5) is 5.82 Å². The first kappa shape index (κ1) is 13.0. The van der Waals surface area contributed by atoms with Gasteiger partial charge in [-0.3, -0.25) is 4.68 Å². The molecule has 21 heavy (non-hydrogen) atoms. The van der Waals surface area contributed by atoms with Crippen LogP contribution in [0, 0.1) is 5.92 Å². The smallest absolute Gasteiger partial charge is 0.163 e. The summed E-state index contributed by atoms with van der Waals surface area (Å²) < 4.78 is 1.84. The lowest BCUT2D eigenvalue weighted by molar-refractivity contribution is 0.304. The summed E-state index contributed by atoms with van der Waals surface area (Å²) in [6.45, 7) is 1.13. The van der Waals surface area contributed by atoms with Crippen molar-refractivity contribution in [3.8, 4) is 0 Å². The summed E-state index contributed by atoms with van der Waals surface area (Å²) in [5.41, 5.74) is 0.939. The minimum Gasteiger partial charge on any atom is -0.353 e. The zero-order valence-corrected chi connectivity index (χ0v) is 12.7. The summed E-state index contributed by atoms with van der Waals surface area (Å²) in [4.78, 5) is 11.5. The van der Waals surface area contributed by atoms with Crippen molar-refractivity contribution in [2.45, 2.75) is 51.0 Å². The van der Waals surface area contributed by atoms with Gasteiger partial charge in [-0.1, -0.05) is 19.3 Å². The third-order valence-electron chi connectivity index (χ3n) is 5.27. The molecule has 1 saturated carbocycles. The minimum atomic E-state index is 0.670. The van der Waals surface area contributed by atoms with E-state index in [0.29, 0.717) is 6.04 Å². The van der Waals surface area contributed by atoms with Gasteiger partial charge in [0.1, 0.15) is 12.1 Å². The Morgan fingerprint density at radius 3 is 2.76 bits per heavy atom. The van der Waals surface area contributed by atoms with E-state index in [1.807, 2.05) is 17.9 Å². The number of fused-ring (bicyclic) bond motifs is 1. The van der Waals surface area contributed by atoms with E-state index < -0.39 is 0 Å². The van der Waals surface area contributed by atoms with Crippen molar-refractivity contribution in [3.63, 3.8) is 0 Å². The van der Waals surface area contributed by atoms with Crippen LogP contribution in [-0.2, 0) is 7.05 Å². The van der Waals surface area contributed by atoms with Gasteiger partial charge in [0.05, 0.1) is 11.6 Å². The van der Waals surface area contributed by atoms with E-state index in [4.69, 9.17) is 0 Å². The molecule has 4 rings (SSSR count). The summed E-state index contributed by atoms with van der Waals surface area (Å²) in [6.07, 6.45) is 13.2. The molecular weight excluding hydrogens is 262 g/mol. The van der Waals surface area contributed by atoms with E-state index >= 15 is 0 Å². The van der Waals surface area contributed by atoms with Crippen LogP contribution in [0.3, 0.4) is 0 Å². The zero-order chi connectivity index (χ0) is 14.2.